The summed E-state index contributed by atoms with van der Waals surface area (Å²) in [6.07, 6.45) is 2.06. The van der Waals surface area contributed by atoms with Crippen molar-refractivity contribution >= 4 is 0 Å². The van der Waals surface area contributed by atoms with Crippen LogP contribution in [0.15, 0.2) is 11.8 Å². The summed E-state index contributed by atoms with van der Waals surface area (Å²) in [4.78, 5) is 0. The first kappa shape index (κ1) is 6.54. The van der Waals surface area contributed by atoms with Gasteiger partial charge in [0.1, 0.15) is 0 Å². The average molecular weight is 99.2 g/mol. The molecule has 0 aromatic rings. The van der Waals surface area contributed by atoms with E-state index >= 15 is 0 Å². The second-order valence-electron chi connectivity index (χ2n) is 1.50. The fourth-order valence-electron chi connectivity index (χ4n) is 0.381. The topological polar surface area (TPSA) is 12.0 Å². The Morgan fingerprint density at radius 1 is 1.71 bits per heavy atom. The summed E-state index contributed by atoms with van der Waals surface area (Å²) < 4.78 is 0. The van der Waals surface area contributed by atoms with Gasteiger partial charge in [0.2, 0.25) is 0 Å². The van der Waals surface area contributed by atoms with E-state index in [2.05, 4.69) is 25.2 Å². The Kier molecular flexibility index (Phi) is 3.48. The molecule has 0 radical (unpaired) electrons. The number of hydrogen-bond acceptors (Lipinski definition) is 1. The molecule has 0 bridgehead atoms. The van der Waals surface area contributed by atoms with Crippen LogP contribution >= 0.6 is 0 Å². The molecule has 1 heteroatoms. The van der Waals surface area contributed by atoms with Crippen LogP contribution in [0, 0.1) is 0 Å². The van der Waals surface area contributed by atoms with Crippen molar-refractivity contribution in [1.82, 2.24) is 5.32 Å². The normalized spacial score (nSPS) is 11.6. The third kappa shape index (κ3) is 3.37. The molecule has 0 amide bonds. The molecule has 0 aliphatic heterocycles. The fourth-order valence-corrected chi connectivity index (χ4v) is 0.381. The van der Waals surface area contributed by atoms with Crippen LogP contribution in [0.3, 0.4) is 0 Å². The summed E-state index contributed by atoms with van der Waals surface area (Å²) in [5.41, 5.74) is 1.25. The quantitative estimate of drug-likeness (QED) is 0.553. The van der Waals surface area contributed by atoms with E-state index in [1.807, 2.05) is 6.92 Å². The molecule has 0 saturated heterocycles. The highest BCUT2D eigenvalue weighted by atomic mass is 14.8. The summed E-state index contributed by atoms with van der Waals surface area (Å²) in [5, 5.41) is 3.16. The van der Waals surface area contributed by atoms with Gasteiger partial charge in [0.05, 0.1) is 0 Å². The van der Waals surface area contributed by atoms with Crippen LogP contribution in [0.5, 0.6) is 0 Å². The van der Waals surface area contributed by atoms with E-state index in [9.17, 15) is 0 Å². The first-order valence-electron chi connectivity index (χ1n) is 2.68. The minimum Gasteiger partial charge on any atom is -0.389 e. The summed E-state index contributed by atoms with van der Waals surface area (Å²) in [6.45, 7) is 7.20. The molecule has 7 heavy (non-hydrogen) atoms. The van der Waals surface area contributed by atoms with Crippen LogP contribution in [0.1, 0.15) is 20.8 Å². The van der Waals surface area contributed by atoms with Crippen molar-refractivity contribution in [2.45, 2.75) is 20.8 Å². The Morgan fingerprint density at radius 2 is 2.29 bits per heavy atom. The molecule has 0 saturated carbocycles. The van der Waals surface area contributed by atoms with Gasteiger partial charge in [0, 0.05) is 12.2 Å². The maximum absolute atomic E-state index is 3.16. The van der Waals surface area contributed by atoms with E-state index in [1.54, 1.807) is 0 Å². The number of nitrogens with one attached hydrogen (secondary N) is 1. The van der Waals surface area contributed by atoms with Crippen LogP contribution < -0.4 is 5.32 Å². The number of allylic oxidation sites excluding steroid dienone is 2. The molecule has 0 spiro atoms. The van der Waals surface area contributed by atoms with Gasteiger partial charge in [0.25, 0.3) is 0 Å². The van der Waals surface area contributed by atoms with E-state index in [1.165, 1.54) is 5.70 Å². The molecule has 0 fully saturated rings. The minimum atomic E-state index is 1.02. The lowest BCUT2D eigenvalue weighted by atomic mass is 10.4. The average Bonchev–Trinajstić information content (AvgIpc) is 1.68. The van der Waals surface area contributed by atoms with Gasteiger partial charge in [-0.2, -0.15) is 0 Å². The SMILES string of the molecule is CC=C(C)NCC. The zero-order valence-corrected chi connectivity index (χ0v) is 5.28. The number of hydrogen-bond donors (Lipinski definition) is 1. The zero-order valence-electron chi connectivity index (χ0n) is 5.28. The molecule has 0 rings (SSSR count). The smallest absolute Gasteiger partial charge is 0.0115 e. The van der Waals surface area contributed by atoms with E-state index in [0.717, 1.165) is 6.54 Å². The van der Waals surface area contributed by atoms with Gasteiger partial charge in [-0.1, -0.05) is 6.08 Å². The van der Waals surface area contributed by atoms with Gasteiger partial charge >= 0.3 is 0 Å². The van der Waals surface area contributed by atoms with Crippen molar-refractivity contribution in [1.29, 1.82) is 0 Å². The highest BCUT2D eigenvalue weighted by Crippen LogP contribution is 1.80. The van der Waals surface area contributed by atoms with E-state index in [-0.39, 0.29) is 0 Å². The van der Waals surface area contributed by atoms with E-state index < -0.39 is 0 Å². The predicted octanol–water partition coefficient (Wildman–Crippen LogP) is 1.52. The van der Waals surface area contributed by atoms with Gasteiger partial charge in [0.15, 0.2) is 0 Å². The van der Waals surface area contributed by atoms with Crippen molar-refractivity contribution in [3.05, 3.63) is 11.8 Å². The van der Waals surface area contributed by atoms with Crippen molar-refractivity contribution in [3.63, 3.8) is 0 Å². The molecule has 0 unspecified atom stereocenters. The maximum atomic E-state index is 3.16. The highest BCUT2D eigenvalue weighted by Gasteiger charge is 1.75. The van der Waals surface area contributed by atoms with Gasteiger partial charge in [-0.15, -0.1) is 0 Å². The summed E-state index contributed by atoms with van der Waals surface area (Å²) >= 11 is 0. The minimum absolute atomic E-state index is 1.02. The molecule has 0 atom stereocenters. The molecule has 1 nitrogen and oxygen atoms in total. The van der Waals surface area contributed by atoms with Crippen molar-refractivity contribution in [3.8, 4) is 0 Å². The molecular weight excluding hydrogens is 86.1 g/mol. The first-order valence-corrected chi connectivity index (χ1v) is 2.68. The molecule has 1 N–H and O–H groups in total. The lowest BCUT2D eigenvalue weighted by Gasteiger charge is -1.97. The molecule has 42 valence electrons. The maximum Gasteiger partial charge on any atom is 0.0115 e. The monoisotopic (exact) mass is 99.1 g/mol. The second kappa shape index (κ2) is 3.72. The molecular formula is C6H13N. The fraction of sp³-hybridized carbons (Fsp3) is 0.667. The zero-order chi connectivity index (χ0) is 5.70. The lowest BCUT2D eigenvalue weighted by molar-refractivity contribution is 0.852. The third-order valence-corrected chi connectivity index (χ3v) is 0.889. The number of rotatable bonds is 2. The first-order chi connectivity index (χ1) is 3.31. The van der Waals surface area contributed by atoms with E-state index in [4.69, 9.17) is 0 Å². The Morgan fingerprint density at radius 3 is 2.43 bits per heavy atom. The summed E-state index contributed by atoms with van der Waals surface area (Å²) in [7, 11) is 0. The van der Waals surface area contributed by atoms with Gasteiger partial charge in [-0.05, 0) is 20.8 Å². The largest absolute Gasteiger partial charge is 0.389 e. The Hall–Kier alpha value is -0.460. The predicted molar refractivity (Wildman–Crippen MR) is 33.1 cm³/mol. The molecule has 0 aromatic carbocycles. The van der Waals surface area contributed by atoms with Crippen molar-refractivity contribution < 1.29 is 0 Å². The van der Waals surface area contributed by atoms with Crippen LogP contribution in [0.4, 0.5) is 0 Å². The second-order valence-corrected chi connectivity index (χ2v) is 1.50. The highest BCUT2D eigenvalue weighted by molar-refractivity contribution is 4.91. The Balaban J connectivity index is 3.17. The van der Waals surface area contributed by atoms with E-state index in [0.29, 0.717) is 0 Å². The van der Waals surface area contributed by atoms with Crippen LogP contribution in [0.2, 0.25) is 0 Å². The molecule has 0 heterocycles. The lowest BCUT2D eigenvalue weighted by Crippen LogP contribution is -2.08. The molecule has 0 aliphatic carbocycles. The Bertz CT molecular complexity index is 64.6. The third-order valence-electron chi connectivity index (χ3n) is 0.889. The summed E-state index contributed by atoms with van der Waals surface area (Å²) in [5.74, 6) is 0. The molecule has 0 aliphatic rings. The van der Waals surface area contributed by atoms with Crippen LogP contribution in [-0.2, 0) is 0 Å². The van der Waals surface area contributed by atoms with Gasteiger partial charge in [-0.3, -0.25) is 0 Å². The van der Waals surface area contributed by atoms with Crippen LogP contribution in [-0.4, -0.2) is 6.54 Å². The standard InChI is InChI=1S/C6H13N/c1-4-6(3)7-5-2/h4,7H,5H2,1-3H3. The van der Waals surface area contributed by atoms with Gasteiger partial charge < -0.3 is 5.32 Å². The molecule has 0 aromatic heterocycles. The van der Waals surface area contributed by atoms with Crippen molar-refractivity contribution in [2.75, 3.05) is 6.54 Å². The van der Waals surface area contributed by atoms with Crippen LogP contribution in [0.25, 0.3) is 0 Å². The Labute approximate surface area is 45.4 Å². The summed E-state index contributed by atoms with van der Waals surface area (Å²) in [6, 6.07) is 0. The van der Waals surface area contributed by atoms with Gasteiger partial charge in [-0.25, -0.2) is 0 Å². The van der Waals surface area contributed by atoms with Crippen molar-refractivity contribution in [2.24, 2.45) is 0 Å².